The van der Waals surface area contributed by atoms with Gasteiger partial charge in [0.1, 0.15) is 11.0 Å². The van der Waals surface area contributed by atoms with E-state index < -0.39 is 0 Å². The van der Waals surface area contributed by atoms with Crippen molar-refractivity contribution in [1.29, 1.82) is 0 Å². The topological polar surface area (TPSA) is 32.9 Å². The van der Waals surface area contributed by atoms with E-state index in [1.165, 1.54) is 24.3 Å². The van der Waals surface area contributed by atoms with Gasteiger partial charge in [-0.15, -0.1) is 0 Å². The van der Waals surface area contributed by atoms with Crippen molar-refractivity contribution in [2.45, 2.75) is 0 Å². The van der Waals surface area contributed by atoms with Crippen LogP contribution in [0.15, 0.2) is 29.1 Å². The fourth-order valence-corrected chi connectivity index (χ4v) is 1.47. The number of hydrogen-bond acceptors (Lipinski definition) is 1. The number of H-pyrrole nitrogens is 1. The predicted molar refractivity (Wildman–Crippen MR) is 49.5 cm³/mol. The molecular formula is C9H5ClFNO. The number of halogens is 2. The summed E-state index contributed by atoms with van der Waals surface area (Å²) in [5, 5.41) is 1.39. The molecule has 0 spiro atoms. The molecule has 0 radical (unpaired) electrons. The summed E-state index contributed by atoms with van der Waals surface area (Å²) < 4.78 is 12.7. The average Bonchev–Trinajstić information content (AvgIpc) is 2.02. The molecule has 0 unspecified atom stereocenters. The number of rotatable bonds is 0. The van der Waals surface area contributed by atoms with E-state index in [2.05, 4.69) is 4.98 Å². The van der Waals surface area contributed by atoms with Crippen LogP contribution in [0.25, 0.3) is 10.8 Å². The molecule has 1 N–H and O–H groups in total. The highest BCUT2D eigenvalue weighted by Gasteiger charge is 2.01. The third-order valence-corrected chi connectivity index (χ3v) is 2.07. The number of aromatic amines is 1. The molecule has 0 saturated heterocycles. The van der Waals surface area contributed by atoms with E-state index >= 15 is 0 Å². The molecule has 1 aromatic carbocycles. The second-order valence-corrected chi connectivity index (χ2v) is 3.06. The van der Waals surface area contributed by atoms with E-state index in [-0.39, 0.29) is 16.5 Å². The second-order valence-electron chi connectivity index (χ2n) is 2.68. The first kappa shape index (κ1) is 8.26. The summed E-state index contributed by atoms with van der Waals surface area (Å²) in [7, 11) is 0. The largest absolute Gasteiger partial charge is 0.312 e. The van der Waals surface area contributed by atoms with Gasteiger partial charge in [-0.2, -0.15) is 0 Å². The summed E-state index contributed by atoms with van der Waals surface area (Å²) in [4.78, 5) is 13.4. The van der Waals surface area contributed by atoms with E-state index in [0.717, 1.165) is 0 Å². The third kappa shape index (κ3) is 1.42. The number of fused-ring (bicyclic) bond motifs is 1. The predicted octanol–water partition coefficient (Wildman–Crippen LogP) is 2.32. The standard InChI is InChI=1S/C9H5ClFNO/c10-9-7-2-1-6(11)3-5(7)4-8(13)12-9/h1-4H,(H,12,13). The van der Waals surface area contributed by atoms with Crippen LogP contribution in [0.4, 0.5) is 4.39 Å². The number of hydrogen-bond donors (Lipinski definition) is 1. The lowest BCUT2D eigenvalue weighted by Crippen LogP contribution is -2.03. The van der Waals surface area contributed by atoms with E-state index in [1.54, 1.807) is 0 Å². The van der Waals surface area contributed by atoms with E-state index in [4.69, 9.17) is 11.6 Å². The molecule has 4 heteroatoms. The van der Waals surface area contributed by atoms with Crippen LogP contribution in [-0.2, 0) is 0 Å². The van der Waals surface area contributed by atoms with E-state index in [9.17, 15) is 9.18 Å². The van der Waals surface area contributed by atoms with Crippen LogP contribution in [0.1, 0.15) is 0 Å². The van der Waals surface area contributed by atoms with E-state index in [0.29, 0.717) is 10.8 Å². The Morgan fingerprint density at radius 1 is 1.31 bits per heavy atom. The fourth-order valence-electron chi connectivity index (χ4n) is 1.21. The first-order valence-corrected chi connectivity index (χ1v) is 4.03. The van der Waals surface area contributed by atoms with Crippen LogP contribution < -0.4 is 5.56 Å². The van der Waals surface area contributed by atoms with Crippen LogP contribution in [0.3, 0.4) is 0 Å². The lowest BCUT2D eigenvalue weighted by Gasteiger charge is -1.98. The minimum Gasteiger partial charge on any atom is -0.312 e. The van der Waals surface area contributed by atoms with Crippen LogP contribution in [0.2, 0.25) is 5.15 Å². The Balaban J connectivity index is 2.94. The molecule has 1 heterocycles. The SMILES string of the molecule is O=c1cc2cc(F)ccc2c(Cl)[nH]1. The maximum atomic E-state index is 12.7. The summed E-state index contributed by atoms with van der Waals surface area (Å²) in [5.74, 6) is -0.380. The van der Waals surface area contributed by atoms with Crippen LogP contribution in [0.5, 0.6) is 0 Å². The first-order valence-electron chi connectivity index (χ1n) is 3.65. The molecule has 0 atom stereocenters. The molecule has 2 aromatic rings. The van der Waals surface area contributed by atoms with Crippen molar-refractivity contribution in [2.24, 2.45) is 0 Å². The molecule has 0 aliphatic heterocycles. The number of pyridine rings is 1. The van der Waals surface area contributed by atoms with Crippen molar-refractivity contribution in [3.63, 3.8) is 0 Å². The molecule has 0 aliphatic rings. The summed E-state index contributed by atoms with van der Waals surface area (Å²) in [6, 6.07) is 5.41. The maximum Gasteiger partial charge on any atom is 0.249 e. The van der Waals surface area contributed by atoms with Crippen molar-refractivity contribution in [1.82, 2.24) is 4.98 Å². The van der Waals surface area contributed by atoms with Crippen LogP contribution >= 0.6 is 11.6 Å². The van der Waals surface area contributed by atoms with Crippen molar-refractivity contribution in [2.75, 3.05) is 0 Å². The zero-order chi connectivity index (χ0) is 9.42. The Morgan fingerprint density at radius 3 is 2.85 bits per heavy atom. The Bertz CT molecular complexity index is 520. The number of nitrogens with one attached hydrogen (secondary N) is 1. The Hall–Kier alpha value is -1.35. The van der Waals surface area contributed by atoms with Gasteiger partial charge in [0.15, 0.2) is 0 Å². The minimum absolute atomic E-state index is 0.238. The van der Waals surface area contributed by atoms with Gasteiger partial charge in [-0.25, -0.2) is 4.39 Å². The second kappa shape index (κ2) is 2.85. The Labute approximate surface area is 78.0 Å². The van der Waals surface area contributed by atoms with Gasteiger partial charge in [-0.1, -0.05) is 11.6 Å². The fraction of sp³-hybridized carbons (Fsp3) is 0. The van der Waals surface area contributed by atoms with Crippen molar-refractivity contribution < 1.29 is 4.39 Å². The molecule has 2 nitrogen and oxygen atoms in total. The highest BCUT2D eigenvalue weighted by Crippen LogP contribution is 2.19. The molecule has 0 saturated carbocycles. The van der Waals surface area contributed by atoms with Gasteiger partial charge in [-0.05, 0) is 23.6 Å². The number of benzene rings is 1. The molecule has 2 rings (SSSR count). The highest BCUT2D eigenvalue weighted by atomic mass is 35.5. The number of aromatic nitrogens is 1. The monoisotopic (exact) mass is 197 g/mol. The summed E-state index contributed by atoms with van der Waals surface area (Å²) in [5.41, 5.74) is -0.330. The van der Waals surface area contributed by atoms with Gasteiger partial charge >= 0.3 is 0 Å². The highest BCUT2D eigenvalue weighted by molar-refractivity contribution is 6.34. The zero-order valence-electron chi connectivity index (χ0n) is 6.47. The van der Waals surface area contributed by atoms with Gasteiger partial charge in [0.2, 0.25) is 5.56 Å². The third-order valence-electron chi connectivity index (χ3n) is 1.77. The zero-order valence-corrected chi connectivity index (χ0v) is 7.23. The summed E-state index contributed by atoms with van der Waals surface area (Å²) in [6.45, 7) is 0. The quantitative estimate of drug-likeness (QED) is 0.646. The van der Waals surface area contributed by atoms with Crippen molar-refractivity contribution >= 4 is 22.4 Å². The maximum absolute atomic E-state index is 12.7. The van der Waals surface area contributed by atoms with Gasteiger partial charge in [-0.3, -0.25) is 4.79 Å². The molecular weight excluding hydrogens is 193 g/mol. The summed E-state index contributed by atoms with van der Waals surface area (Å²) in [6.07, 6.45) is 0. The summed E-state index contributed by atoms with van der Waals surface area (Å²) >= 11 is 5.74. The molecule has 66 valence electrons. The van der Waals surface area contributed by atoms with Crippen LogP contribution in [0, 0.1) is 5.82 Å². The Morgan fingerprint density at radius 2 is 2.08 bits per heavy atom. The Kier molecular flexibility index (Phi) is 1.81. The lowest BCUT2D eigenvalue weighted by atomic mass is 10.2. The van der Waals surface area contributed by atoms with E-state index in [1.807, 2.05) is 0 Å². The minimum atomic E-state index is -0.380. The lowest BCUT2D eigenvalue weighted by molar-refractivity contribution is 0.629. The molecule has 0 amide bonds. The van der Waals surface area contributed by atoms with Crippen molar-refractivity contribution in [3.05, 3.63) is 45.6 Å². The average molecular weight is 198 g/mol. The van der Waals surface area contributed by atoms with Gasteiger partial charge in [0.05, 0.1) is 0 Å². The molecule has 0 aliphatic carbocycles. The van der Waals surface area contributed by atoms with Gasteiger partial charge in [0.25, 0.3) is 0 Å². The molecule has 1 aromatic heterocycles. The van der Waals surface area contributed by atoms with Gasteiger partial charge in [0, 0.05) is 11.5 Å². The molecule has 13 heavy (non-hydrogen) atoms. The van der Waals surface area contributed by atoms with Crippen LogP contribution in [-0.4, -0.2) is 4.98 Å². The molecule has 0 fully saturated rings. The van der Waals surface area contributed by atoms with Crippen molar-refractivity contribution in [3.8, 4) is 0 Å². The smallest absolute Gasteiger partial charge is 0.249 e. The first-order chi connectivity index (χ1) is 6.16. The van der Waals surface area contributed by atoms with Gasteiger partial charge < -0.3 is 4.98 Å². The molecule has 0 bridgehead atoms. The normalized spacial score (nSPS) is 10.6.